The van der Waals surface area contributed by atoms with Gasteiger partial charge < -0.3 is 9.47 Å². The van der Waals surface area contributed by atoms with E-state index in [1.54, 1.807) is 24.3 Å². The molecule has 0 heterocycles. The van der Waals surface area contributed by atoms with E-state index in [2.05, 4.69) is 4.74 Å². The van der Waals surface area contributed by atoms with Gasteiger partial charge in [0.15, 0.2) is 5.78 Å². The summed E-state index contributed by atoms with van der Waals surface area (Å²) in [5.74, 6) is 0.278. The van der Waals surface area contributed by atoms with Gasteiger partial charge in [-0.25, -0.2) is 0 Å². The fourth-order valence-electron chi connectivity index (χ4n) is 1.88. The maximum absolute atomic E-state index is 12.4. The second-order valence-corrected chi connectivity index (χ2v) is 4.16. The zero-order valence-corrected chi connectivity index (χ0v) is 11.4. The number of hydrogen-bond donors (Lipinski definition) is 0. The summed E-state index contributed by atoms with van der Waals surface area (Å²) >= 11 is 0. The first-order valence-electron chi connectivity index (χ1n) is 6.43. The molecule has 0 amide bonds. The number of para-hydroxylation sites is 1. The zero-order valence-electron chi connectivity index (χ0n) is 11.4. The van der Waals surface area contributed by atoms with Gasteiger partial charge in [0.05, 0.1) is 12.2 Å². The number of benzene rings is 2. The Morgan fingerprint density at radius 2 is 1.76 bits per heavy atom. The van der Waals surface area contributed by atoms with E-state index in [1.807, 2.05) is 6.92 Å². The molecule has 0 aromatic heterocycles. The normalized spacial score (nSPS) is 10.5. The molecule has 2 rings (SSSR count). The van der Waals surface area contributed by atoms with Crippen LogP contribution in [-0.2, 0) is 0 Å². The highest BCUT2D eigenvalue weighted by molar-refractivity contribution is 6.10. The second kappa shape index (κ2) is 6.83. The third kappa shape index (κ3) is 3.78. The van der Waals surface area contributed by atoms with Crippen LogP contribution in [0.1, 0.15) is 22.8 Å². The fraction of sp³-hybridized carbons (Fsp3) is 0.188. The average Bonchev–Trinajstić information content (AvgIpc) is 2.48. The molecule has 0 radical (unpaired) electrons. The van der Waals surface area contributed by atoms with E-state index in [-0.39, 0.29) is 11.5 Å². The number of rotatable bonds is 6. The van der Waals surface area contributed by atoms with Gasteiger partial charge in [-0.05, 0) is 43.3 Å². The fourth-order valence-corrected chi connectivity index (χ4v) is 1.88. The average molecular weight is 292 g/mol. The smallest absolute Gasteiger partial charge is 0.387 e. The molecule has 0 atom stereocenters. The lowest BCUT2D eigenvalue weighted by Gasteiger charge is -2.09. The molecule has 0 bridgehead atoms. The number of hydrogen-bond acceptors (Lipinski definition) is 3. The van der Waals surface area contributed by atoms with Crippen molar-refractivity contribution in [3.05, 3.63) is 59.7 Å². The van der Waals surface area contributed by atoms with E-state index in [0.29, 0.717) is 23.5 Å². The van der Waals surface area contributed by atoms with E-state index in [0.717, 1.165) is 0 Å². The van der Waals surface area contributed by atoms with Crippen LogP contribution < -0.4 is 9.47 Å². The first-order valence-corrected chi connectivity index (χ1v) is 6.43. The highest BCUT2D eigenvalue weighted by Crippen LogP contribution is 2.23. The standard InChI is InChI=1S/C16H14F2O3/c1-2-20-14-6-4-3-5-13(14)15(19)11-7-9-12(10-8-11)21-16(17)18/h3-10,16H,2H2,1H3. The van der Waals surface area contributed by atoms with Crippen molar-refractivity contribution in [1.29, 1.82) is 0 Å². The van der Waals surface area contributed by atoms with Crippen molar-refractivity contribution < 1.29 is 23.0 Å². The van der Waals surface area contributed by atoms with Crippen molar-refractivity contribution in [3.8, 4) is 11.5 Å². The molecule has 0 fully saturated rings. The minimum absolute atomic E-state index is 0.0136. The first-order chi connectivity index (χ1) is 10.1. The Balaban J connectivity index is 2.24. The molecule has 0 saturated carbocycles. The van der Waals surface area contributed by atoms with Crippen LogP contribution in [0.5, 0.6) is 11.5 Å². The predicted molar refractivity (Wildman–Crippen MR) is 74.1 cm³/mol. The molecular weight excluding hydrogens is 278 g/mol. The van der Waals surface area contributed by atoms with E-state index in [1.165, 1.54) is 24.3 Å². The molecule has 0 aliphatic carbocycles. The lowest BCUT2D eigenvalue weighted by Crippen LogP contribution is -2.06. The van der Waals surface area contributed by atoms with Gasteiger partial charge in [0.25, 0.3) is 0 Å². The summed E-state index contributed by atoms with van der Waals surface area (Å²) in [5.41, 5.74) is 0.811. The molecule has 3 nitrogen and oxygen atoms in total. The molecule has 0 N–H and O–H groups in total. The Morgan fingerprint density at radius 3 is 2.38 bits per heavy atom. The van der Waals surface area contributed by atoms with Crippen LogP contribution in [0.15, 0.2) is 48.5 Å². The molecule has 0 unspecified atom stereocenters. The Kier molecular flexibility index (Phi) is 4.87. The van der Waals surface area contributed by atoms with Crippen LogP contribution in [-0.4, -0.2) is 19.0 Å². The Bertz CT molecular complexity index is 609. The highest BCUT2D eigenvalue weighted by atomic mass is 19.3. The van der Waals surface area contributed by atoms with Crippen LogP contribution >= 0.6 is 0 Å². The van der Waals surface area contributed by atoms with Crippen molar-refractivity contribution >= 4 is 5.78 Å². The van der Waals surface area contributed by atoms with Crippen molar-refractivity contribution in [3.63, 3.8) is 0 Å². The summed E-state index contributed by atoms with van der Waals surface area (Å²) in [6, 6.07) is 12.5. The molecule has 2 aromatic rings. The van der Waals surface area contributed by atoms with Gasteiger partial charge in [-0.15, -0.1) is 0 Å². The first kappa shape index (κ1) is 15.0. The van der Waals surface area contributed by atoms with Crippen molar-refractivity contribution in [2.24, 2.45) is 0 Å². The number of alkyl halides is 2. The maximum atomic E-state index is 12.4. The van der Waals surface area contributed by atoms with Crippen molar-refractivity contribution in [1.82, 2.24) is 0 Å². The molecule has 0 aliphatic heterocycles. The van der Waals surface area contributed by atoms with Gasteiger partial charge in [0.1, 0.15) is 11.5 Å². The number of ether oxygens (including phenoxy) is 2. The van der Waals surface area contributed by atoms with Crippen LogP contribution in [0.4, 0.5) is 8.78 Å². The van der Waals surface area contributed by atoms with Crippen molar-refractivity contribution in [2.75, 3.05) is 6.61 Å². The van der Waals surface area contributed by atoms with Crippen molar-refractivity contribution in [2.45, 2.75) is 13.5 Å². The van der Waals surface area contributed by atoms with Crippen LogP contribution in [0.25, 0.3) is 0 Å². The highest BCUT2D eigenvalue weighted by Gasteiger charge is 2.14. The minimum Gasteiger partial charge on any atom is -0.493 e. The van der Waals surface area contributed by atoms with E-state index < -0.39 is 6.61 Å². The number of halogens is 2. The summed E-state index contributed by atoms with van der Waals surface area (Å²) < 4.78 is 33.8. The molecular formula is C16H14F2O3. The van der Waals surface area contributed by atoms with E-state index in [9.17, 15) is 13.6 Å². The summed E-state index contributed by atoms with van der Waals surface area (Å²) in [6.07, 6.45) is 0. The molecule has 110 valence electrons. The Hall–Kier alpha value is -2.43. The van der Waals surface area contributed by atoms with E-state index >= 15 is 0 Å². The van der Waals surface area contributed by atoms with Gasteiger partial charge in [-0.2, -0.15) is 8.78 Å². The zero-order chi connectivity index (χ0) is 15.2. The summed E-state index contributed by atoms with van der Waals surface area (Å²) in [6.45, 7) is -0.603. The Morgan fingerprint density at radius 1 is 1.10 bits per heavy atom. The number of carbonyl (C=O) groups is 1. The molecule has 0 spiro atoms. The third-order valence-corrected chi connectivity index (χ3v) is 2.77. The number of carbonyl (C=O) groups excluding carboxylic acids is 1. The van der Waals surface area contributed by atoms with Crippen LogP contribution in [0, 0.1) is 0 Å². The quantitative estimate of drug-likeness (QED) is 0.757. The monoisotopic (exact) mass is 292 g/mol. The predicted octanol–water partition coefficient (Wildman–Crippen LogP) is 3.92. The SMILES string of the molecule is CCOc1ccccc1C(=O)c1ccc(OC(F)F)cc1. The van der Waals surface area contributed by atoms with Crippen LogP contribution in [0.2, 0.25) is 0 Å². The van der Waals surface area contributed by atoms with Gasteiger partial charge in [-0.1, -0.05) is 12.1 Å². The van der Waals surface area contributed by atoms with Crippen LogP contribution in [0.3, 0.4) is 0 Å². The molecule has 21 heavy (non-hydrogen) atoms. The molecule has 0 saturated heterocycles. The second-order valence-electron chi connectivity index (χ2n) is 4.16. The van der Waals surface area contributed by atoms with Gasteiger partial charge in [0.2, 0.25) is 0 Å². The van der Waals surface area contributed by atoms with E-state index in [4.69, 9.17) is 4.74 Å². The third-order valence-electron chi connectivity index (χ3n) is 2.77. The summed E-state index contributed by atoms with van der Waals surface area (Å²) in [7, 11) is 0. The van der Waals surface area contributed by atoms with Gasteiger partial charge in [0, 0.05) is 5.56 Å². The van der Waals surface area contributed by atoms with Gasteiger partial charge >= 0.3 is 6.61 Å². The molecule has 2 aromatic carbocycles. The number of ketones is 1. The topological polar surface area (TPSA) is 35.5 Å². The summed E-state index contributed by atoms with van der Waals surface area (Å²) in [5, 5.41) is 0. The van der Waals surface area contributed by atoms with Gasteiger partial charge in [-0.3, -0.25) is 4.79 Å². The molecule has 0 aliphatic rings. The lowest BCUT2D eigenvalue weighted by molar-refractivity contribution is -0.0498. The largest absolute Gasteiger partial charge is 0.493 e. The maximum Gasteiger partial charge on any atom is 0.387 e. The lowest BCUT2D eigenvalue weighted by atomic mass is 10.0. The summed E-state index contributed by atoms with van der Waals surface area (Å²) in [4.78, 5) is 12.4. The molecule has 5 heteroatoms. The minimum atomic E-state index is -2.88. The Labute approximate surface area is 121 Å².